The van der Waals surface area contributed by atoms with Gasteiger partial charge in [-0.3, -0.25) is 4.79 Å². The van der Waals surface area contributed by atoms with Crippen LogP contribution in [0.15, 0.2) is 4.79 Å². The van der Waals surface area contributed by atoms with Crippen molar-refractivity contribution < 1.29 is 0 Å². The van der Waals surface area contributed by atoms with Gasteiger partial charge in [0.15, 0.2) is 0 Å². The molecule has 0 radical (unpaired) electrons. The summed E-state index contributed by atoms with van der Waals surface area (Å²) in [6.07, 6.45) is 1.61. The molecule has 1 aliphatic rings. The highest BCUT2D eigenvalue weighted by molar-refractivity contribution is 5.21. The first-order valence-corrected chi connectivity index (χ1v) is 5.90. The fourth-order valence-corrected chi connectivity index (χ4v) is 2.09. The third-order valence-electron chi connectivity index (χ3n) is 2.88. The molecule has 0 fully saturated rings. The van der Waals surface area contributed by atoms with Gasteiger partial charge in [-0.15, -0.1) is 0 Å². The Bertz CT molecular complexity index is 436. The number of nitrogens with one attached hydrogen (secondary N) is 2. The van der Waals surface area contributed by atoms with Gasteiger partial charge in [-0.25, -0.2) is 4.98 Å². The van der Waals surface area contributed by atoms with Gasteiger partial charge in [0.1, 0.15) is 5.82 Å². The second-order valence-electron chi connectivity index (χ2n) is 5.02. The number of aromatic amines is 1. The molecule has 0 saturated carbocycles. The van der Waals surface area contributed by atoms with E-state index in [0.29, 0.717) is 18.5 Å². The second-order valence-corrected chi connectivity index (χ2v) is 5.02. The molecule has 88 valence electrons. The van der Waals surface area contributed by atoms with Gasteiger partial charge < -0.3 is 10.3 Å². The van der Waals surface area contributed by atoms with Gasteiger partial charge >= 0.3 is 0 Å². The number of hydrogen-bond donors (Lipinski definition) is 2. The van der Waals surface area contributed by atoms with Crippen LogP contribution >= 0.6 is 0 Å². The van der Waals surface area contributed by atoms with E-state index in [1.54, 1.807) is 0 Å². The van der Waals surface area contributed by atoms with Crippen LogP contribution in [0, 0.1) is 5.92 Å². The average molecular weight is 221 g/mol. The van der Waals surface area contributed by atoms with E-state index < -0.39 is 0 Å². The van der Waals surface area contributed by atoms with E-state index in [9.17, 15) is 4.79 Å². The van der Waals surface area contributed by atoms with E-state index in [0.717, 1.165) is 29.9 Å². The Morgan fingerprint density at radius 2 is 2.25 bits per heavy atom. The lowest BCUT2D eigenvalue weighted by molar-refractivity contribution is 0.494. The summed E-state index contributed by atoms with van der Waals surface area (Å²) in [4.78, 5) is 19.3. The summed E-state index contributed by atoms with van der Waals surface area (Å²) in [6.45, 7) is 7.05. The van der Waals surface area contributed by atoms with Crippen molar-refractivity contribution in [3.8, 4) is 0 Å². The molecule has 2 N–H and O–H groups in total. The van der Waals surface area contributed by atoms with Gasteiger partial charge in [0.25, 0.3) is 5.56 Å². The number of aromatic nitrogens is 2. The predicted octanol–water partition coefficient (Wildman–Crippen LogP) is 1.00. The highest BCUT2D eigenvalue weighted by Gasteiger charge is 2.19. The monoisotopic (exact) mass is 221 g/mol. The molecule has 0 bridgehead atoms. The smallest absolute Gasteiger partial charge is 0.254 e. The van der Waals surface area contributed by atoms with Gasteiger partial charge in [-0.2, -0.15) is 0 Å². The summed E-state index contributed by atoms with van der Waals surface area (Å²) in [5.74, 6) is 1.33. The molecule has 0 spiro atoms. The van der Waals surface area contributed by atoms with Gasteiger partial charge in [-0.1, -0.05) is 13.8 Å². The van der Waals surface area contributed by atoms with Crippen LogP contribution < -0.4 is 10.9 Å². The van der Waals surface area contributed by atoms with Crippen molar-refractivity contribution >= 4 is 0 Å². The quantitative estimate of drug-likeness (QED) is 0.783. The topological polar surface area (TPSA) is 57.8 Å². The fraction of sp³-hybridized carbons (Fsp3) is 0.667. The molecule has 1 aliphatic heterocycles. The minimum absolute atomic E-state index is 0.0500. The standard InChI is InChI=1S/C12H19N3O/c1-7(2)4-11-14-10-6-13-8(3)5-9(10)12(16)15-11/h7-8,13H,4-6H2,1-3H3,(H,14,15,16). The van der Waals surface area contributed by atoms with Crippen LogP contribution in [-0.2, 0) is 19.4 Å². The van der Waals surface area contributed by atoms with Crippen molar-refractivity contribution in [1.29, 1.82) is 0 Å². The molecule has 0 aromatic carbocycles. The van der Waals surface area contributed by atoms with E-state index in [1.807, 2.05) is 0 Å². The molecular weight excluding hydrogens is 202 g/mol. The van der Waals surface area contributed by atoms with Crippen LogP contribution in [-0.4, -0.2) is 16.0 Å². The molecule has 2 rings (SSSR count). The zero-order valence-corrected chi connectivity index (χ0v) is 10.1. The summed E-state index contributed by atoms with van der Waals surface area (Å²) in [5, 5.41) is 3.33. The lowest BCUT2D eigenvalue weighted by Crippen LogP contribution is -2.38. The summed E-state index contributed by atoms with van der Waals surface area (Å²) in [5.41, 5.74) is 1.84. The molecule has 1 unspecified atom stereocenters. The van der Waals surface area contributed by atoms with Crippen molar-refractivity contribution in [2.45, 2.75) is 46.2 Å². The Morgan fingerprint density at radius 1 is 1.50 bits per heavy atom. The number of H-pyrrole nitrogens is 1. The zero-order chi connectivity index (χ0) is 11.7. The van der Waals surface area contributed by atoms with Crippen LogP contribution in [0.25, 0.3) is 0 Å². The molecule has 2 heterocycles. The summed E-state index contributed by atoms with van der Waals surface area (Å²) in [7, 11) is 0. The minimum Gasteiger partial charge on any atom is -0.310 e. The van der Waals surface area contributed by atoms with Gasteiger partial charge in [-0.05, 0) is 19.3 Å². The molecule has 16 heavy (non-hydrogen) atoms. The van der Waals surface area contributed by atoms with Gasteiger partial charge in [0, 0.05) is 24.6 Å². The van der Waals surface area contributed by atoms with Crippen molar-refractivity contribution in [1.82, 2.24) is 15.3 Å². The second kappa shape index (κ2) is 4.37. The molecule has 4 nitrogen and oxygen atoms in total. The molecule has 0 amide bonds. The van der Waals surface area contributed by atoms with Crippen molar-refractivity contribution in [2.24, 2.45) is 5.92 Å². The minimum atomic E-state index is 0.0500. The normalized spacial score (nSPS) is 19.9. The van der Waals surface area contributed by atoms with Crippen LogP contribution in [0.1, 0.15) is 37.9 Å². The predicted molar refractivity (Wildman–Crippen MR) is 63.4 cm³/mol. The number of hydrogen-bond acceptors (Lipinski definition) is 3. The van der Waals surface area contributed by atoms with E-state index >= 15 is 0 Å². The summed E-state index contributed by atoms with van der Waals surface area (Å²) < 4.78 is 0. The van der Waals surface area contributed by atoms with Gasteiger partial charge in [0.2, 0.25) is 0 Å². The summed E-state index contributed by atoms with van der Waals surface area (Å²) >= 11 is 0. The largest absolute Gasteiger partial charge is 0.310 e. The molecule has 4 heteroatoms. The maximum atomic E-state index is 11.9. The first-order chi connectivity index (χ1) is 7.56. The molecule has 0 aliphatic carbocycles. The summed E-state index contributed by atoms with van der Waals surface area (Å²) in [6, 6.07) is 0.367. The Morgan fingerprint density at radius 3 is 2.94 bits per heavy atom. The maximum Gasteiger partial charge on any atom is 0.254 e. The lowest BCUT2D eigenvalue weighted by atomic mass is 10.0. The third-order valence-corrected chi connectivity index (χ3v) is 2.88. The first kappa shape index (κ1) is 11.3. The fourth-order valence-electron chi connectivity index (χ4n) is 2.09. The third kappa shape index (κ3) is 2.32. The highest BCUT2D eigenvalue weighted by Crippen LogP contribution is 2.11. The number of fused-ring (bicyclic) bond motifs is 1. The van der Waals surface area contributed by atoms with Gasteiger partial charge in [0.05, 0.1) is 5.69 Å². The number of nitrogens with zero attached hydrogens (tertiary/aromatic N) is 1. The van der Waals surface area contributed by atoms with Crippen molar-refractivity contribution in [3.63, 3.8) is 0 Å². The zero-order valence-electron chi connectivity index (χ0n) is 10.1. The molecule has 1 atom stereocenters. The Kier molecular flexibility index (Phi) is 3.10. The van der Waals surface area contributed by atoms with Crippen LogP contribution in [0.2, 0.25) is 0 Å². The van der Waals surface area contributed by atoms with Crippen molar-refractivity contribution in [3.05, 3.63) is 27.4 Å². The SMILES string of the molecule is CC(C)Cc1nc2c(c(=O)[nH]1)CC(C)NC2. The first-order valence-electron chi connectivity index (χ1n) is 5.90. The van der Waals surface area contributed by atoms with E-state index in [2.05, 4.69) is 36.1 Å². The highest BCUT2D eigenvalue weighted by atomic mass is 16.1. The Labute approximate surface area is 95.5 Å². The van der Waals surface area contributed by atoms with Crippen LogP contribution in [0.5, 0.6) is 0 Å². The van der Waals surface area contributed by atoms with E-state index in [-0.39, 0.29) is 5.56 Å². The lowest BCUT2D eigenvalue weighted by Gasteiger charge is -2.22. The average Bonchev–Trinajstić information content (AvgIpc) is 2.18. The molecule has 0 saturated heterocycles. The van der Waals surface area contributed by atoms with Crippen LogP contribution in [0.4, 0.5) is 0 Å². The van der Waals surface area contributed by atoms with E-state index in [4.69, 9.17) is 0 Å². The number of rotatable bonds is 2. The molecule has 1 aromatic heterocycles. The maximum absolute atomic E-state index is 11.9. The van der Waals surface area contributed by atoms with E-state index in [1.165, 1.54) is 0 Å². The molecular formula is C12H19N3O. The van der Waals surface area contributed by atoms with Crippen LogP contribution in [0.3, 0.4) is 0 Å². The van der Waals surface area contributed by atoms with Crippen molar-refractivity contribution in [2.75, 3.05) is 0 Å². The molecule has 1 aromatic rings. The Balaban J connectivity index is 2.35. The Hall–Kier alpha value is -1.16.